The van der Waals surface area contributed by atoms with Crippen molar-refractivity contribution in [1.82, 2.24) is 9.38 Å². The summed E-state index contributed by atoms with van der Waals surface area (Å²) in [5.41, 5.74) is 4.89. The van der Waals surface area contributed by atoms with E-state index in [-0.39, 0.29) is 5.91 Å². The van der Waals surface area contributed by atoms with Crippen LogP contribution < -0.4 is 5.32 Å². The van der Waals surface area contributed by atoms with Crippen LogP contribution in [0.3, 0.4) is 0 Å². The van der Waals surface area contributed by atoms with Crippen LogP contribution in [0.1, 0.15) is 11.3 Å². The Morgan fingerprint density at radius 1 is 1.16 bits per heavy atom. The Morgan fingerprint density at radius 3 is 2.80 bits per heavy atom. The highest BCUT2D eigenvalue weighted by molar-refractivity contribution is 7.15. The Bertz CT molecular complexity index is 1030. The number of amides is 1. The molecule has 0 saturated carbocycles. The highest BCUT2D eigenvalue weighted by atomic mass is 32.1. The van der Waals surface area contributed by atoms with Gasteiger partial charge in [0.1, 0.15) is 0 Å². The standard InChI is InChI=1S/C20H17N3OS/c1-14-6-5-9-16(10-14)21-19(24)11-17-13-25-20-22-18(12-23(17)20)15-7-3-2-4-8-15/h2-10,12-13H,11H2,1H3,(H,21,24). The quantitative estimate of drug-likeness (QED) is 0.588. The van der Waals surface area contributed by atoms with E-state index in [0.29, 0.717) is 6.42 Å². The van der Waals surface area contributed by atoms with Gasteiger partial charge >= 0.3 is 0 Å². The van der Waals surface area contributed by atoms with Crippen LogP contribution in [0.5, 0.6) is 0 Å². The SMILES string of the molecule is Cc1cccc(NC(=O)Cc2csc3nc(-c4ccccc4)cn23)c1. The molecule has 0 atom stereocenters. The minimum Gasteiger partial charge on any atom is -0.326 e. The molecule has 1 N–H and O–H groups in total. The fourth-order valence-corrected chi connectivity index (χ4v) is 3.67. The molecule has 1 amide bonds. The fraction of sp³-hybridized carbons (Fsp3) is 0.100. The Labute approximate surface area is 149 Å². The monoisotopic (exact) mass is 347 g/mol. The Morgan fingerprint density at radius 2 is 2.00 bits per heavy atom. The van der Waals surface area contributed by atoms with Gasteiger partial charge in [-0.25, -0.2) is 4.98 Å². The molecule has 4 rings (SSSR count). The summed E-state index contributed by atoms with van der Waals surface area (Å²) in [6.07, 6.45) is 2.31. The molecule has 0 aliphatic heterocycles. The Kier molecular flexibility index (Phi) is 4.07. The van der Waals surface area contributed by atoms with Crippen LogP contribution in [0.4, 0.5) is 5.69 Å². The number of aromatic nitrogens is 2. The Balaban J connectivity index is 1.55. The zero-order valence-electron chi connectivity index (χ0n) is 13.8. The largest absolute Gasteiger partial charge is 0.326 e. The van der Waals surface area contributed by atoms with Crippen LogP contribution in [0.25, 0.3) is 16.2 Å². The van der Waals surface area contributed by atoms with Gasteiger partial charge in [-0.3, -0.25) is 9.20 Å². The first-order valence-electron chi connectivity index (χ1n) is 8.06. The lowest BCUT2D eigenvalue weighted by Crippen LogP contribution is -2.15. The molecule has 2 heterocycles. The molecule has 0 radical (unpaired) electrons. The van der Waals surface area contributed by atoms with Crippen molar-refractivity contribution in [2.24, 2.45) is 0 Å². The van der Waals surface area contributed by atoms with E-state index in [1.807, 2.05) is 77.5 Å². The van der Waals surface area contributed by atoms with Crippen molar-refractivity contribution in [3.05, 3.63) is 77.4 Å². The number of benzene rings is 2. The molecule has 2 aromatic carbocycles. The summed E-state index contributed by atoms with van der Waals surface area (Å²) in [4.78, 5) is 17.9. The molecule has 0 spiro atoms. The van der Waals surface area contributed by atoms with E-state index in [4.69, 9.17) is 0 Å². The summed E-state index contributed by atoms with van der Waals surface area (Å²) in [5, 5.41) is 4.95. The number of fused-ring (bicyclic) bond motifs is 1. The summed E-state index contributed by atoms with van der Waals surface area (Å²) in [6, 6.07) is 17.9. The highest BCUT2D eigenvalue weighted by Gasteiger charge is 2.12. The molecular formula is C20H17N3OS. The van der Waals surface area contributed by atoms with Crippen LogP contribution in [-0.2, 0) is 11.2 Å². The van der Waals surface area contributed by atoms with Gasteiger partial charge in [-0.05, 0) is 24.6 Å². The molecule has 0 saturated heterocycles. The summed E-state index contributed by atoms with van der Waals surface area (Å²) < 4.78 is 2.00. The lowest BCUT2D eigenvalue weighted by molar-refractivity contribution is -0.115. The molecule has 124 valence electrons. The zero-order valence-corrected chi connectivity index (χ0v) is 14.6. The topological polar surface area (TPSA) is 46.4 Å². The van der Waals surface area contributed by atoms with Crippen molar-refractivity contribution < 1.29 is 4.79 Å². The maximum absolute atomic E-state index is 12.4. The van der Waals surface area contributed by atoms with Gasteiger partial charge in [0.25, 0.3) is 0 Å². The van der Waals surface area contributed by atoms with Crippen LogP contribution in [-0.4, -0.2) is 15.3 Å². The van der Waals surface area contributed by atoms with E-state index in [1.165, 1.54) is 0 Å². The van der Waals surface area contributed by atoms with Gasteiger partial charge in [0.05, 0.1) is 12.1 Å². The number of thiazole rings is 1. The summed E-state index contributed by atoms with van der Waals surface area (Å²) in [5.74, 6) is -0.0275. The van der Waals surface area contributed by atoms with E-state index in [2.05, 4.69) is 10.3 Å². The first-order chi connectivity index (χ1) is 12.2. The van der Waals surface area contributed by atoms with Crippen molar-refractivity contribution in [2.45, 2.75) is 13.3 Å². The molecule has 5 heteroatoms. The molecule has 0 unspecified atom stereocenters. The normalized spacial score (nSPS) is 10.9. The third kappa shape index (κ3) is 3.32. The highest BCUT2D eigenvalue weighted by Crippen LogP contribution is 2.24. The number of imidazole rings is 1. The summed E-state index contributed by atoms with van der Waals surface area (Å²) in [7, 11) is 0. The van der Waals surface area contributed by atoms with Crippen molar-refractivity contribution in [2.75, 3.05) is 5.32 Å². The molecule has 0 aliphatic rings. The number of carbonyl (C=O) groups excluding carboxylic acids is 1. The van der Waals surface area contributed by atoms with Crippen LogP contribution in [0.15, 0.2) is 66.2 Å². The number of hydrogen-bond donors (Lipinski definition) is 1. The van der Waals surface area contributed by atoms with Gasteiger partial charge in [-0.1, -0.05) is 42.5 Å². The molecular weight excluding hydrogens is 330 g/mol. The van der Waals surface area contributed by atoms with Crippen LogP contribution in [0.2, 0.25) is 0 Å². The van der Waals surface area contributed by atoms with Gasteiger partial charge in [0.15, 0.2) is 4.96 Å². The van der Waals surface area contributed by atoms with Gasteiger partial charge in [0.2, 0.25) is 5.91 Å². The maximum atomic E-state index is 12.4. The molecule has 4 aromatic rings. The average molecular weight is 347 g/mol. The van der Waals surface area contributed by atoms with Crippen molar-refractivity contribution >= 4 is 27.9 Å². The lowest BCUT2D eigenvalue weighted by atomic mass is 10.2. The van der Waals surface area contributed by atoms with E-state index in [9.17, 15) is 4.79 Å². The van der Waals surface area contributed by atoms with Gasteiger partial charge < -0.3 is 5.32 Å². The van der Waals surface area contributed by atoms with Crippen molar-refractivity contribution in [1.29, 1.82) is 0 Å². The second kappa shape index (κ2) is 6.53. The lowest BCUT2D eigenvalue weighted by Gasteiger charge is -2.05. The van der Waals surface area contributed by atoms with Crippen molar-refractivity contribution in [3.8, 4) is 11.3 Å². The second-order valence-electron chi connectivity index (χ2n) is 5.97. The van der Waals surface area contributed by atoms with E-state index >= 15 is 0 Å². The van der Waals surface area contributed by atoms with Gasteiger partial charge in [-0.15, -0.1) is 11.3 Å². The minimum atomic E-state index is -0.0275. The van der Waals surface area contributed by atoms with Crippen LogP contribution in [0, 0.1) is 6.92 Å². The Hall–Kier alpha value is -2.92. The second-order valence-corrected chi connectivity index (χ2v) is 6.80. The third-order valence-corrected chi connectivity index (χ3v) is 4.89. The fourth-order valence-electron chi connectivity index (χ4n) is 2.80. The first kappa shape index (κ1) is 15.6. The smallest absolute Gasteiger partial charge is 0.230 e. The number of nitrogens with one attached hydrogen (secondary N) is 1. The number of anilines is 1. The first-order valence-corrected chi connectivity index (χ1v) is 8.94. The number of hydrogen-bond acceptors (Lipinski definition) is 3. The summed E-state index contributed by atoms with van der Waals surface area (Å²) in [6.45, 7) is 2.01. The number of aryl methyl sites for hydroxylation is 1. The molecule has 2 aromatic heterocycles. The van der Waals surface area contributed by atoms with Gasteiger partial charge in [0, 0.05) is 28.5 Å². The number of nitrogens with zero attached hydrogens (tertiary/aromatic N) is 2. The molecule has 0 fully saturated rings. The molecule has 4 nitrogen and oxygen atoms in total. The number of carbonyl (C=O) groups is 1. The maximum Gasteiger partial charge on any atom is 0.230 e. The van der Waals surface area contributed by atoms with E-state index in [1.54, 1.807) is 11.3 Å². The third-order valence-electron chi connectivity index (χ3n) is 4.00. The van der Waals surface area contributed by atoms with E-state index < -0.39 is 0 Å². The molecule has 0 bridgehead atoms. The minimum absolute atomic E-state index is 0.0275. The molecule has 25 heavy (non-hydrogen) atoms. The average Bonchev–Trinajstić information content (AvgIpc) is 3.18. The number of rotatable bonds is 4. The summed E-state index contributed by atoms with van der Waals surface area (Å²) >= 11 is 1.55. The zero-order chi connectivity index (χ0) is 17.2. The van der Waals surface area contributed by atoms with Crippen molar-refractivity contribution in [3.63, 3.8) is 0 Å². The molecule has 0 aliphatic carbocycles. The predicted octanol–water partition coefficient (Wildman–Crippen LogP) is 4.55. The van der Waals surface area contributed by atoms with E-state index in [0.717, 1.165) is 33.2 Å². The van der Waals surface area contributed by atoms with Gasteiger partial charge in [-0.2, -0.15) is 0 Å². The van der Waals surface area contributed by atoms with Crippen LogP contribution >= 0.6 is 11.3 Å². The predicted molar refractivity (Wildman–Crippen MR) is 102 cm³/mol.